The van der Waals surface area contributed by atoms with Gasteiger partial charge in [-0.1, -0.05) is 104 Å². The second-order valence-electron chi connectivity index (χ2n) is 7.52. The van der Waals surface area contributed by atoms with Gasteiger partial charge in [0.05, 0.1) is 7.11 Å². The normalized spacial score (nSPS) is 11.3. The van der Waals surface area contributed by atoms with E-state index in [1.165, 1.54) is 75.8 Å². The van der Waals surface area contributed by atoms with Gasteiger partial charge in [0.1, 0.15) is 14.5 Å². The van der Waals surface area contributed by atoms with Crippen LogP contribution in [0.4, 0.5) is 0 Å². The fraction of sp³-hybridized carbons (Fsp3) is 0.591. The number of aryl methyl sites for hydroxylation is 1. The fourth-order valence-corrected chi connectivity index (χ4v) is 7.21. The molecule has 1 aromatic carbocycles. The van der Waals surface area contributed by atoms with Crippen molar-refractivity contribution in [3.8, 4) is 16.9 Å². The minimum absolute atomic E-state index is 0. The topological polar surface area (TPSA) is 63.6 Å². The molecule has 0 bridgehead atoms. The SMILES string of the molecule is CCCCCCCCCCCCc1ssc(=S)c1-c1ccc(OC)c(S(=O)(=O)O)c1.[Na+]. The van der Waals surface area contributed by atoms with Gasteiger partial charge in [0.2, 0.25) is 0 Å². The van der Waals surface area contributed by atoms with Gasteiger partial charge in [-0.2, -0.15) is 8.42 Å². The Morgan fingerprint density at radius 3 is 2.10 bits per heavy atom. The molecule has 0 aliphatic heterocycles. The summed E-state index contributed by atoms with van der Waals surface area (Å²) in [7, 11) is 0.218. The maximum atomic E-state index is 11.7. The summed E-state index contributed by atoms with van der Waals surface area (Å²) in [6, 6.07) is 4.83. The van der Waals surface area contributed by atoms with E-state index in [4.69, 9.17) is 17.0 Å². The van der Waals surface area contributed by atoms with Crippen molar-refractivity contribution in [1.82, 2.24) is 0 Å². The summed E-state index contributed by atoms with van der Waals surface area (Å²) in [5.41, 5.74) is 1.64. The molecule has 0 atom stereocenters. The summed E-state index contributed by atoms with van der Waals surface area (Å²) in [5.74, 6) is 0.127. The van der Waals surface area contributed by atoms with E-state index in [1.54, 1.807) is 32.8 Å². The second-order valence-corrected chi connectivity index (χ2v) is 11.8. The quantitative estimate of drug-likeness (QED) is 0.128. The van der Waals surface area contributed by atoms with Crippen LogP contribution in [-0.4, -0.2) is 20.1 Å². The van der Waals surface area contributed by atoms with Gasteiger partial charge in [-0.15, -0.1) is 0 Å². The number of rotatable bonds is 14. The third-order valence-electron chi connectivity index (χ3n) is 5.19. The molecule has 0 unspecified atom stereocenters. The van der Waals surface area contributed by atoms with Crippen LogP contribution in [0.15, 0.2) is 23.1 Å². The summed E-state index contributed by atoms with van der Waals surface area (Å²) in [6.07, 6.45) is 13.9. The molecule has 0 saturated heterocycles. The van der Waals surface area contributed by atoms with Gasteiger partial charge in [0.25, 0.3) is 10.1 Å². The van der Waals surface area contributed by atoms with Crippen molar-refractivity contribution < 1.29 is 47.3 Å². The Morgan fingerprint density at radius 1 is 0.968 bits per heavy atom. The van der Waals surface area contributed by atoms with E-state index >= 15 is 0 Å². The largest absolute Gasteiger partial charge is 1.00 e. The zero-order chi connectivity index (χ0) is 22.0. The first-order chi connectivity index (χ1) is 14.4. The van der Waals surface area contributed by atoms with E-state index in [9.17, 15) is 13.0 Å². The Bertz CT molecular complexity index is 951. The molecule has 0 aliphatic rings. The van der Waals surface area contributed by atoms with Crippen molar-refractivity contribution in [2.24, 2.45) is 0 Å². The van der Waals surface area contributed by atoms with E-state index < -0.39 is 10.1 Å². The van der Waals surface area contributed by atoms with Crippen LogP contribution in [0.1, 0.15) is 76.0 Å². The predicted molar refractivity (Wildman–Crippen MR) is 130 cm³/mol. The van der Waals surface area contributed by atoms with Crippen LogP contribution in [0.25, 0.3) is 11.1 Å². The molecular formula is C22H32NaO4S4+. The zero-order valence-electron chi connectivity index (χ0n) is 18.8. The Labute approximate surface area is 221 Å². The molecule has 0 aliphatic carbocycles. The van der Waals surface area contributed by atoms with Crippen LogP contribution in [0.3, 0.4) is 0 Å². The number of hydrogen-bond acceptors (Lipinski definition) is 6. The average molecular weight is 512 g/mol. The van der Waals surface area contributed by atoms with Gasteiger partial charge >= 0.3 is 29.6 Å². The van der Waals surface area contributed by atoms with Gasteiger partial charge in [0, 0.05) is 10.4 Å². The van der Waals surface area contributed by atoms with E-state index in [-0.39, 0.29) is 40.2 Å². The van der Waals surface area contributed by atoms with Gasteiger partial charge < -0.3 is 4.74 Å². The first-order valence-corrected chi connectivity index (χ1v) is 14.7. The van der Waals surface area contributed by atoms with Crippen LogP contribution < -0.4 is 34.3 Å². The van der Waals surface area contributed by atoms with E-state index in [0.717, 1.165) is 22.2 Å². The van der Waals surface area contributed by atoms with E-state index in [1.807, 2.05) is 0 Å². The Hall–Kier alpha value is 0.200. The van der Waals surface area contributed by atoms with Gasteiger partial charge in [-0.25, -0.2) is 0 Å². The van der Waals surface area contributed by atoms with Crippen LogP contribution in [0.5, 0.6) is 5.75 Å². The molecule has 9 heteroatoms. The number of hydrogen-bond donors (Lipinski definition) is 1. The monoisotopic (exact) mass is 511 g/mol. The minimum atomic E-state index is -4.37. The number of methoxy groups -OCH3 is 1. The van der Waals surface area contributed by atoms with Gasteiger partial charge in [-0.05, 0) is 30.5 Å². The summed E-state index contributed by atoms with van der Waals surface area (Å²) in [5, 5.41) is 0. The standard InChI is InChI=1S/C22H32O4S4.Na/c1-3-4-5-6-7-8-9-10-11-12-13-19-21(22(27)29-28-19)17-14-15-18(26-2)20(16-17)30(23,24)25;/h14-16H,3-13H2,1-2H3,(H,23,24,25);/q;+1. The van der Waals surface area contributed by atoms with Gasteiger partial charge in [-0.3, -0.25) is 4.55 Å². The van der Waals surface area contributed by atoms with Crippen molar-refractivity contribution in [2.45, 2.75) is 82.4 Å². The summed E-state index contributed by atoms with van der Waals surface area (Å²) in [6.45, 7) is 2.25. The Balaban J connectivity index is 0.00000480. The van der Waals surface area contributed by atoms with Crippen LogP contribution in [0, 0.1) is 3.82 Å². The van der Waals surface area contributed by atoms with Crippen LogP contribution >= 0.6 is 32.9 Å². The molecule has 4 nitrogen and oxygen atoms in total. The third-order valence-corrected chi connectivity index (χ3v) is 9.24. The van der Waals surface area contributed by atoms with Gasteiger partial charge in [0.15, 0.2) is 0 Å². The summed E-state index contributed by atoms with van der Waals surface area (Å²) < 4.78 is 38.8. The molecule has 2 rings (SSSR count). The minimum Gasteiger partial charge on any atom is -0.495 e. The maximum Gasteiger partial charge on any atom is 1.00 e. The zero-order valence-corrected chi connectivity index (χ0v) is 24.1. The van der Waals surface area contributed by atoms with Crippen molar-refractivity contribution in [2.75, 3.05) is 7.11 Å². The molecule has 31 heavy (non-hydrogen) atoms. The van der Waals surface area contributed by atoms with Crippen molar-refractivity contribution in [3.05, 3.63) is 26.9 Å². The summed E-state index contributed by atoms with van der Waals surface area (Å²) in [4.78, 5) is 0.967. The van der Waals surface area contributed by atoms with Crippen LogP contribution in [0.2, 0.25) is 0 Å². The smallest absolute Gasteiger partial charge is 0.495 e. The van der Waals surface area contributed by atoms with Crippen LogP contribution in [-0.2, 0) is 16.5 Å². The first kappa shape index (κ1) is 29.2. The van der Waals surface area contributed by atoms with Crippen molar-refractivity contribution in [3.63, 3.8) is 0 Å². The number of benzene rings is 1. The third kappa shape index (κ3) is 9.53. The van der Waals surface area contributed by atoms with E-state index in [0.29, 0.717) is 5.56 Å². The molecule has 168 valence electrons. The maximum absolute atomic E-state index is 11.7. The molecule has 0 saturated carbocycles. The molecule has 0 spiro atoms. The Morgan fingerprint density at radius 2 is 1.55 bits per heavy atom. The summed E-state index contributed by atoms with van der Waals surface area (Å²) >= 11 is 5.52. The van der Waals surface area contributed by atoms with Crippen molar-refractivity contribution >= 4 is 43.0 Å². The molecule has 2 aromatic rings. The van der Waals surface area contributed by atoms with Crippen molar-refractivity contribution in [1.29, 1.82) is 0 Å². The Kier molecular flexibility index (Phi) is 14.3. The predicted octanol–water partition coefficient (Wildman–Crippen LogP) is 4.93. The molecule has 1 aromatic heterocycles. The first-order valence-electron chi connectivity index (χ1n) is 10.7. The average Bonchev–Trinajstić information content (AvgIpc) is 3.08. The molecule has 0 fully saturated rings. The molecule has 0 amide bonds. The molecule has 1 N–H and O–H groups in total. The molecule has 0 radical (unpaired) electrons. The second kappa shape index (κ2) is 15.2. The van der Waals surface area contributed by atoms with E-state index in [2.05, 4.69) is 6.92 Å². The number of unbranched alkanes of at least 4 members (excludes halogenated alkanes) is 9. The number of ether oxygens (including phenoxy) is 1. The fourth-order valence-electron chi connectivity index (χ4n) is 3.54. The molecule has 1 heterocycles. The molecular weight excluding hydrogens is 479 g/mol.